The van der Waals surface area contributed by atoms with Crippen molar-refractivity contribution in [1.82, 2.24) is 5.43 Å². The summed E-state index contributed by atoms with van der Waals surface area (Å²) in [4.78, 5) is 25.0. The van der Waals surface area contributed by atoms with Gasteiger partial charge in [-0.2, -0.15) is 5.10 Å². The Morgan fingerprint density at radius 1 is 1.03 bits per heavy atom. The Bertz CT molecular complexity index is 1370. The summed E-state index contributed by atoms with van der Waals surface area (Å²) in [7, 11) is 0. The maximum absolute atomic E-state index is 12.6. The van der Waals surface area contributed by atoms with E-state index in [0.29, 0.717) is 15.5 Å². The number of benzene rings is 3. The standard InChI is InChI=1S/C23H15ClN2O5S/c24-20-17-6-1-2-7-19(17)32-21(20)23(30)31-15-5-3-4-13(10-15)12-25-26-22(29)16-9-8-14(27)11-18(16)28/h1-12,27-28H,(H,26,29)/b25-12+. The van der Waals surface area contributed by atoms with Crippen molar-refractivity contribution < 1.29 is 24.5 Å². The molecule has 0 radical (unpaired) electrons. The Hall–Kier alpha value is -3.88. The molecule has 3 aromatic carbocycles. The topological polar surface area (TPSA) is 108 Å². The van der Waals surface area contributed by atoms with Crippen molar-refractivity contribution in [3.63, 3.8) is 0 Å². The number of amides is 1. The molecule has 0 saturated heterocycles. The van der Waals surface area contributed by atoms with Gasteiger partial charge in [0.25, 0.3) is 5.91 Å². The SMILES string of the molecule is O=C(N/N=C/c1cccc(OC(=O)c2sc3ccccc3c2Cl)c1)c1ccc(O)cc1O. The molecule has 0 unspecified atom stereocenters. The second kappa shape index (κ2) is 9.09. The van der Waals surface area contributed by atoms with E-state index in [2.05, 4.69) is 10.5 Å². The second-order valence-corrected chi connectivity index (χ2v) is 8.03. The Balaban J connectivity index is 1.44. The number of phenolic OH excluding ortho intramolecular Hbond substituents is 2. The number of phenols is 2. The van der Waals surface area contributed by atoms with Crippen LogP contribution in [0.5, 0.6) is 17.2 Å². The van der Waals surface area contributed by atoms with Crippen LogP contribution in [0.2, 0.25) is 5.02 Å². The third-order valence-electron chi connectivity index (χ3n) is 4.39. The van der Waals surface area contributed by atoms with Gasteiger partial charge in [0.1, 0.15) is 22.1 Å². The first kappa shape index (κ1) is 21.4. The number of rotatable bonds is 5. The zero-order valence-corrected chi connectivity index (χ0v) is 17.9. The number of nitrogens with zero attached hydrogens (tertiary/aromatic N) is 1. The van der Waals surface area contributed by atoms with E-state index in [1.165, 1.54) is 29.7 Å². The number of fused-ring (bicyclic) bond motifs is 1. The van der Waals surface area contributed by atoms with Crippen LogP contribution < -0.4 is 10.2 Å². The quantitative estimate of drug-likeness (QED) is 0.167. The van der Waals surface area contributed by atoms with Crippen LogP contribution in [-0.2, 0) is 0 Å². The monoisotopic (exact) mass is 466 g/mol. The van der Waals surface area contributed by atoms with Gasteiger partial charge in [0.05, 0.1) is 16.8 Å². The molecule has 0 aliphatic heterocycles. The zero-order chi connectivity index (χ0) is 22.7. The molecule has 4 aromatic rings. The van der Waals surface area contributed by atoms with Crippen molar-refractivity contribution in [3.8, 4) is 17.2 Å². The average Bonchev–Trinajstić information content (AvgIpc) is 3.11. The molecule has 9 heteroatoms. The van der Waals surface area contributed by atoms with Crippen molar-refractivity contribution in [1.29, 1.82) is 0 Å². The largest absolute Gasteiger partial charge is 0.508 e. The number of esters is 1. The summed E-state index contributed by atoms with van der Waals surface area (Å²) in [6.07, 6.45) is 1.36. The van der Waals surface area contributed by atoms with E-state index in [-0.39, 0.29) is 22.8 Å². The highest BCUT2D eigenvalue weighted by Crippen LogP contribution is 2.35. The fourth-order valence-electron chi connectivity index (χ4n) is 2.89. The first-order valence-electron chi connectivity index (χ1n) is 9.27. The molecular weight excluding hydrogens is 452 g/mol. The highest BCUT2D eigenvalue weighted by atomic mass is 35.5. The fraction of sp³-hybridized carbons (Fsp3) is 0. The van der Waals surface area contributed by atoms with Gasteiger partial charge in [0.2, 0.25) is 0 Å². The molecule has 0 aliphatic rings. The second-order valence-electron chi connectivity index (χ2n) is 6.60. The van der Waals surface area contributed by atoms with Crippen LogP contribution >= 0.6 is 22.9 Å². The number of carbonyl (C=O) groups is 2. The molecule has 0 saturated carbocycles. The van der Waals surface area contributed by atoms with E-state index in [1.807, 2.05) is 24.3 Å². The van der Waals surface area contributed by atoms with Gasteiger partial charge >= 0.3 is 5.97 Å². The number of halogens is 1. The highest BCUT2D eigenvalue weighted by molar-refractivity contribution is 7.21. The van der Waals surface area contributed by atoms with Crippen molar-refractivity contribution in [2.75, 3.05) is 0 Å². The van der Waals surface area contributed by atoms with Crippen LogP contribution in [0, 0.1) is 0 Å². The number of nitrogens with one attached hydrogen (secondary N) is 1. The van der Waals surface area contributed by atoms with Crippen molar-refractivity contribution in [3.05, 3.63) is 87.8 Å². The van der Waals surface area contributed by atoms with Gasteiger partial charge in [-0.05, 0) is 35.9 Å². The van der Waals surface area contributed by atoms with Gasteiger partial charge in [-0.1, -0.05) is 41.9 Å². The molecule has 32 heavy (non-hydrogen) atoms. The lowest BCUT2D eigenvalue weighted by Crippen LogP contribution is -2.17. The van der Waals surface area contributed by atoms with E-state index in [4.69, 9.17) is 16.3 Å². The molecule has 4 rings (SSSR count). The zero-order valence-electron chi connectivity index (χ0n) is 16.3. The Labute approximate surface area is 191 Å². The molecule has 0 fully saturated rings. The fourth-order valence-corrected chi connectivity index (χ4v) is 4.28. The van der Waals surface area contributed by atoms with Crippen molar-refractivity contribution >= 4 is 51.1 Å². The number of thiophene rings is 1. The number of hydrazone groups is 1. The minimum absolute atomic E-state index is 0.0390. The molecule has 0 bridgehead atoms. The van der Waals surface area contributed by atoms with Gasteiger partial charge < -0.3 is 14.9 Å². The average molecular weight is 467 g/mol. The molecular formula is C23H15ClN2O5S. The predicted octanol–water partition coefficient (Wildman–Crippen LogP) is 4.95. The summed E-state index contributed by atoms with van der Waals surface area (Å²) in [6, 6.07) is 17.6. The van der Waals surface area contributed by atoms with Crippen LogP contribution in [-0.4, -0.2) is 28.3 Å². The van der Waals surface area contributed by atoms with E-state index in [1.54, 1.807) is 24.3 Å². The minimum Gasteiger partial charge on any atom is -0.508 e. The first-order valence-corrected chi connectivity index (χ1v) is 10.5. The smallest absolute Gasteiger partial charge is 0.355 e. The lowest BCUT2D eigenvalue weighted by atomic mass is 10.2. The number of aromatic hydroxyl groups is 2. The Kier molecular flexibility index (Phi) is 6.07. The molecule has 0 spiro atoms. The number of hydrogen-bond acceptors (Lipinski definition) is 7. The van der Waals surface area contributed by atoms with Crippen LogP contribution in [0.1, 0.15) is 25.6 Å². The van der Waals surface area contributed by atoms with Crippen molar-refractivity contribution in [2.24, 2.45) is 5.10 Å². The maximum atomic E-state index is 12.6. The van der Waals surface area contributed by atoms with Crippen LogP contribution in [0.15, 0.2) is 71.8 Å². The summed E-state index contributed by atoms with van der Waals surface area (Å²) in [5.41, 5.74) is 2.81. The Morgan fingerprint density at radius 3 is 2.62 bits per heavy atom. The molecule has 160 valence electrons. The number of ether oxygens (including phenoxy) is 1. The predicted molar refractivity (Wildman–Crippen MR) is 123 cm³/mol. The molecule has 1 heterocycles. The lowest BCUT2D eigenvalue weighted by molar-refractivity contribution is 0.0739. The summed E-state index contributed by atoms with van der Waals surface area (Å²) in [5, 5.41) is 24.0. The van der Waals surface area contributed by atoms with Crippen LogP contribution in [0.3, 0.4) is 0 Å². The Morgan fingerprint density at radius 2 is 1.84 bits per heavy atom. The van der Waals surface area contributed by atoms with Crippen LogP contribution in [0.4, 0.5) is 0 Å². The number of carbonyl (C=O) groups excluding carboxylic acids is 2. The van der Waals surface area contributed by atoms with Gasteiger partial charge in [-0.25, -0.2) is 10.2 Å². The molecule has 1 aromatic heterocycles. The van der Waals surface area contributed by atoms with E-state index < -0.39 is 11.9 Å². The molecule has 0 atom stereocenters. The van der Waals surface area contributed by atoms with Crippen LogP contribution in [0.25, 0.3) is 10.1 Å². The summed E-state index contributed by atoms with van der Waals surface area (Å²) < 4.78 is 6.35. The number of hydrogen-bond donors (Lipinski definition) is 3. The minimum atomic E-state index is -0.652. The van der Waals surface area contributed by atoms with Gasteiger partial charge in [-0.3, -0.25) is 4.79 Å². The third kappa shape index (κ3) is 4.56. The van der Waals surface area contributed by atoms with Gasteiger partial charge in [0, 0.05) is 16.2 Å². The lowest BCUT2D eigenvalue weighted by Gasteiger charge is -2.05. The van der Waals surface area contributed by atoms with E-state index in [0.717, 1.165) is 16.2 Å². The molecule has 1 amide bonds. The van der Waals surface area contributed by atoms with Crippen molar-refractivity contribution in [2.45, 2.75) is 0 Å². The summed E-state index contributed by atoms with van der Waals surface area (Å²) in [5.74, 6) is -1.46. The third-order valence-corrected chi connectivity index (χ3v) is 6.05. The normalized spacial score (nSPS) is 11.0. The van der Waals surface area contributed by atoms with Gasteiger partial charge in [-0.15, -0.1) is 11.3 Å². The highest BCUT2D eigenvalue weighted by Gasteiger charge is 2.19. The molecule has 3 N–H and O–H groups in total. The van der Waals surface area contributed by atoms with E-state index in [9.17, 15) is 19.8 Å². The first-order chi connectivity index (χ1) is 15.4. The molecule has 0 aliphatic carbocycles. The summed E-state index contributed by atoms with van der Waals surface area (Å²) in [6.45, 7) is 0. The molecule has 7 nitrogen and oxygen atoms in total. The van der Waals surface area contributed by atoms with Gasteiger partial charge in [0.15, 0.2) is 0 Å². The summed E-state index contributed by atoms with van der Waals surface area (Å²) >= 11 is 7.59. The maximum Gasteiger partial charge on any atom is 0.355 e. The van der Waals surface area contributed by atoms with E-state index >= 15 is 0 Å².